The smallest absolute Gasteiger partial charge is 0.341 e. The second-order valence-corrected chi connectivity index (χ2v) is 3.86. The zero-order valence-electron chi connectivity index (χ0n) is 8.92. The minimum Gasteiger partial charge on any atom is -0.477 e. The molecule has 1 fully saturated rings. The van der Waals surface area contributed by atoms with Crippen LogP contribution in [0.3, 0.4) is 0 Å². The molecule has 16 heavy (non-hydrogen) atoms. The summed E-state index contributed by atoms with van der Waals surface area (Å²) in [5.74, 6) is -1.19. The average molecular weight is 223 g/mol. The highest BCUT2D eigenvalue weighted by Gasteiger charge is 2.33. The van der Waals surface area contributed by atoms with E-state index in [1.807, 2.05) is 0 Å². The van der Waals surface area contributed by atoms with Gasteiger partial charge in [0.05, 0.1) is 12.1 Å². The Morgan fingerprint density at radius 3 is 2.81 bits per heavy atom. The fourth-order valence-electron chi connectivity index (χ4n) is 1.98. The quantitative estimate of drug-likeness (QED) is 0.826. The lowest BCUT2D eigenvalue weighted by molar-refractivity contribution is -0.0105. The van der Waals surface area contributed by atoms with Gasteiger partial charge in [0.1, 0.15) is 5.56 Å². The van der Waals surface area contributed by atoms with E-state index in [4.69, 9.17) is 9.84 Å². The fraction of sp³-hybridized carbons (Fsp3) is 0.455. The van der Waals surface area contributed by atoms with Crippen molar-refractivity contribution in [2.24, 2.45) is 0 Å². The molecule has 1 heterocycles. The number of rotatable bonds is 3. The number of hydrogen-bond donors (Lipinski definition) is 1. The van der Waals surface area contributed by atoms with Crippen molar-refractivity contribution < 1.29 is 14.6 Å². The summed E-state index contributed by atoms with van der Waals surface area (Å²) >= 11 is 0. The summed E-state index contributed by atoms with van der Waals surface area (Å²) in [6, 6.07) is 2.87. The van der Waals surface area contributed by atoms with Gasteiger partial charge >= 0.3 is 5.97 Å². The molecule has 2 rings (SSSR count). The lowest BCUT2D eigenvalue weighted by atomic mass is 9.88. The third kappa shape index (κ3) is 1.63. The predicted octanol–water partition coefficient (Wildman–Crippen LogP) is 0.896. The molecule has 1 N–H and O–H groups in total. The summed E-state index contributed by atoms with van der Waals surface area (Å²) < 4.78 is 6.66. The lowest BCUT2D eigenvalue weighted by Crippen LogP contribution is -2.41. The third-order valence-electron chi connectivity index (χ3n) is 3.04. The number of ether oxygens (including phenoxy) is 1. The summed E-state index contributed by atoms with van der Waals surface area (Å²) in [6.07, 6.45) is 3.39. The number of aromatic nitrogens is 1. The molecule has 0 saturated heterocycles. The maximum absolute atomic E-state index is 11.8. The van der Waals surface area contributed by atoms with Gasteiger partial charge in [0.2, 0.25) is 0 Å². The van der Waals surface area contributed by atoms with E-state index in [1.165, 1.54) is 10.6 Å². The van der Waals surface area contributed by atoms with Crippen LogP contribution < -0.4 is 5.56 Å². The number of pyridine rings is 1. The lowest BCUT2D eigenvalue weighted by Gasteiger charge is -2.36. The first-order chi connectivity index (χ1) is 7.65. The monoisotopic (exact) mass is 223 g/mol. The Morgan fingerprint density at radius 2 is 2.31 bits per heavy atom. The van der Waals surface area contributed by atoms with Gasteiger partial charge in [-0.1, -0.05) is 0 Å². The molecule has 5 nitrogen and oxygen atoms in total. The first-order valence-electron chi connectivity index (χ1n) is 5.12. The Labute approximate surface area is 92.3 Å². The van der Waals surface area contributed by atoms with Crippen molar-refractivity contribution in [1.82, 2.24) is 4.57 Å². The summed E-state index contributed by atoms with van der Waals surface area (Å²) in [6.45, 7) is 0. The number of carboxylic acids is 1. The first-order valence-corrected chi connectivity index (χ1v) is 5.12. The summed E-state index contributed by atoms with van der Waals surface area (Å²) in [4.78, 5) is 22.6. The third-order valence-corrected chi connectivity index (χ3v) is 3.04. The predicted molar refractivity (Wildman–Crippen MR) is 56.7 cm³/mol. The van der Waals surface area contributed by atoms with Crippen molar-refractivity contribution in [3.05, 3.63) is 34.2 Å². The molecule has 0 aliphatic heterocycles. The van der Waals surface area contributed by atoms with E-state index in [1.54, 1.807) is 19.4 Å². The largest absolute Gasteiger partial charge is 0.477 e. The van der Waals surface area contributed by atoms with Crippen molar-refractivity contribution in [2.75, 3.05) is 7.11 Å². The molecular weight excluding hydrogens is 210 g/mol. The van der Waals surface area contributed by atoms with Crippen LogP contribution in [0.25, 0.3) is 0 Å². The van der Waals surface area contributed by atoms with Crippen LogP contribution in [-0.2, 0) is 4.74 Å². The maximum Gasteiger partial charge on any atom is 0.341 e. The minimum absolute atomic E-state index is 0.0155. The van der Waals surface area contributed by atoms with Crippen LogP contribution in [0.1, 0.15) is 29.2 Å². The molecule has 1 aliphatic rings. The molecule has 1 aromatic rings. The number of aromatic carboxylic acids is 1. The Balaban J connectivity index is 2.39. The van der Waals surface area contributed by atoms with Crippen LogP contribution in [-0.4, -0.2) is 28.9 Å². The molecule has 2 atom stereocenters. The standard InChI is InChI=1S/C11H13NO4/c1-16-9-5-4-8(9)12-6-2-3-7(10(12)13)11(14)15/h2-3,6,8-9H,4-5H2,1H3,(H,14,15)/t8?,9-/m1/s1. The van der Waals surface area contributed by atoms with Gasteiger partial charge in [-0.2, -0.15) is 0 Å². The maximum atomic E-state index is 11.8. The zero-order valence-corrected chi connectivity index (χ0v) is 8.92. The number of carbonyl (C=O) groups is 1. The Morgan fingerprint density at radius 1 is 1.56 bits per heavy atom. The van der Waals surface area contributed by atoms with Crippen LogP contribution in [0, 0.1) is 0 Å². The fourth-order valence-corrected chi connectivity index (χ4v) is 1.98. The number of methoxy groups -OCH3 is 1. The molecule has 0 amide bonds. The van der Waals surface area contributed by atoms with Gasteiger partial charge in [-0.25, -0.2) is 4.79 Å². The number of nitrogens with zero attached hydrogens (tertiary/aromatic N) is 1. The summed E-state index contributed by atoms with van der Waals surface area (Å²) in [5.41, 5.74) is -0.647. The second kappa shape index (κ2) is 4.09. The van der Waals surface area contributed by atoms with Crippen LogP contribution >= 0.6 is 0 Å². The van der Waals surface area contributed by atoms with Crippen LogP contribution in [0.5, 0.6) is 0 Å². The molecule has 1 saturated carbocycles. The van der Waals surface area contributed by atoms with Crippen molar-refractivity contribution in [3.8, 4) is 0 Å². The van der Waals surface area contributed by atoms with Gasteiger partial charge in [0.25, 0.3) is 5.56 Å². The SMILES string of the molecule is CO[C@@H]1CCC1n1cccc(C(=O)O)c1=O. The van der Waals surface area contributed by atoms with E-state index in [2.05, 4.69) is 0 Å². The van der Waals surface area contributed by atoms with Gasteiger partial charge in [-0.05, 0) is 25.0 Å². The highest BCUT2D eigenvalue weighted by atomic mass is 16.5. The minimum atomic E-state index is -1.19. The number of hydrogen-bond acceptors (Lipinski definition) is 3. The molecule has 0 radical (unpaired) electrons. The van der Waals surface area contributed by atoms with E-state index in [0.29, 0.717) is 0 Å². The van der Waals surface area contributed by atoms with Crippen molar-refractivity contribution in [2.45, 2.75) is 25.0 Å². The summed E-state index contributed by atoms with van der Waals surface area (Å²) in [5, 5.41) is 8.84. The highest BCUT2D eigenvalue weighted by molar-refractivity contribution is 5.86. The van der Waals surface area contributed by atoms with Gasteiger partial charge in [0.15, 0.2) is 0 Å². The van der Waals surface area contributed by atoms with Crippen LogP contribution in [0.15, 0.2) is 23.1 Å². The van der Waals surface area contributed by atoms with E-state index >= 15 is 0 Å². The molecule has 1 unspecified atom stereocenters. The van der Waals surface area contributed by atoms with E-state index in [9.17, 15) is 9.59 Å². The van der Waals surface area contributed by atoms with Crippen LogP contribution in [0.4, 0.5) is 0 Å². The zero-order chi connectivity index (χ0) is 11.7. The second-order valence-electron chi connectivity index (χ2n) is 3.86. The van der Waals surface area contributed by atoms with Crippen molar-refractivity contribution >= 4 is 5.97 Å². The molecule has 1 aromatic heterocycles. The van der Waals surface area contributed by atoms with Crippen molar-refractivity contribution in [3.63, 3.8) is 0 Å². The van der Waals surface area contributed by atoms with Gasteiger partial charge in [0, 0.05) is 13.3 Å². The van der Waals surface area contributed by atoms with E-state index in [0.717, 1.165) is 12.8 Å². The average Bonchev–Trinajstić information content (AvgIpc) is 2.19. The molecule has 0 aromatic carbocycles. The Kier molecular flexibility index (Phi) is 2.78. The van der Waals surface area contributed by atoms with Crippen LogP contribution in [0.2, 0.25) is 0 Å². The Hall–Kier alpha value is -1.62. The number of carboxylic acid groups (broad SMARTS) is 1. The topological polar surface area (TPSA) is 68.5 Å². The molecule has 1 aliphatic carbocycles. The van der Waals surface area contributed by atoms with E-state index < -0.39 is 11.5 Å². The van der Waals surface area contributed by atoms with Gasteiger partial charge in [-0.15, -0.1) is 0 Å². The Bertz CT molecular complexity index is 463. The highest BCUT2D eigenvalue weighted by Crippen LogP contribution is 2.33. The normalized spacial score (nSPS) is 23.8. The summed E-state index contributed by atoms with van der Waals surface area (Å²) in [7, 11) is 1.60. The molecule has 0 bridgehead atoms. The molecule has 0 spiro atoms. The molecule has 86 valence electrons. The van der Waals surface area contributed by atoms with Gasteiger partial charge < -0.3 is 14.4 Å². The molecule has 5 heteroatoms. The van der Waals surface area contributed by atoms with E-state index in [-0.39, 0.29) is 17.7 Å². The first kappa shape index (κ1) is 10.9. The molecular formula is C11H13NO4. The van der Waals surface area contributed by atoms with Gasteiger partial charge in [-0.3, -0.25) is 4.79 Å². The van der Waals surface area contributed by atoms with Crippen molar-refractivity contribution in [1.29, 1.82) is 0 Å².